The summed E-state index contributed by atoms with van der Waals surface area (Å²) in [6.07, 6.45) is 0. The molecule has 0 bridgehead atoms. The molecule has 0 saturated heterocycles. The van der Waals surface area contributed by atoms with E-state index in [1.807, 2.05) is 26.0 Å². The average molecular weight is 165 g/mol. The summed E-state index contributed by atoms with van der Waals surface area (Å²) in [5, 5.41) is 9.54. The molecule has 3 N–H and O–H groups in total. The summed E-state index contributed by atoms with van der Waals surface area (Å²) < 4.78 is 0. The van der Waals surface area contributed by atoms with Crippen molar-refractivity contribution in [3.63, 3.8) is 0 Å². The molecule has 66 valence electrons. The zero-order valence-corrected chi connectivity index (χ0v) is 7.54. The molecule has 0 radical (unpaired) electrons. The normalized spacial score (nSPS) is 10.7. The Morgan fingerprint density at radius 1 is 1.42 bits per heavy atom. The van der Waals surface area contributed by atoms with Crippen LogP contribution in [0.1, 0.15) is 30.9 Å². The predicted molar refractivity (Wildman–Crippen MR) is 50.1 cm³/mol. The molecule has 0 aromatic heterocycles. The van der Waals surface area contributed by atoms with Gasteiger partial charge in [-0.3, -0.25) is 0 Å². The van der Waals surface area contributed by atoms with E-state index in [-0.39, 0.29) is 0 Å². The summed E-state index contributed by atoms with van der Waals surface area (Å²) in [5.74, 6) is 0.678. The van der Waals surface area contributed by atoms with Gasteiger partial charge in [0, 0.05) is 12.1 Å². The molecule has 1 aromatic rings. The summed E-state index contributed by atoms with van der Waals surface area (Å²) in [6, 6.07) is 5.48. The molecule has 0 aliphatic carbocycles. The van der Waals surface area contributed by atoms with Gasteiger partial charge in [-0.25, -0.2) is 0 Å². The van der Waals surface area contributed by atoms with E-state index in [9.17, 15) is 5.11 Å². The van der Waals surface area contributed by atoms with Crippen molar-refractivity contribution in [1.82, 2.24) is 0 Å². The Hall–Kier alpha value is -1.02. The Labute approximate surface area is 73.0 Å². The fourth-order valence-electron chi connectivity index (χ4n) is 1.44. The molecule has 2 nitrogen and oxygen atoms in total. The van der Waals surface area contributed by atoms with Crippen LogP contribution in [0, 0.1) is 0 Å². The third kappa shape index (κ3) is 1.59. The Kier molecular flexibility index (Phi) is 2.71. The Morgan fingerprint density at radius 3 is 2.50 bits per heavy atom. The highest BCUT2D eigenvalue weighted by Gasteiger charge is 2.09. The van der Waals surface area contributed by atoms with E-state index in [0.29, 0.717) is 18.2 Å². The van der Waals surface area contributed by atoms with E-state index in [0.717, 1.165) is 11.1 Å². The van der Waals surface area contributed by atoms with E-state index in [1.165, 1.54) is 0 Å². The molecule has 1 aromatic carbocycles. The van der Waals surface area contributed by atoms with Crippen LogP contribution in [-0.4, -0.2) is 5.11 Å². The van der Waals surface area contributed by atoms with Gasteiger partial charge in [0.1, 0.15) is 5.75 Å². The first-order valence-corrected chi connectivity index (χ1v) is 4.17. The van der Waals surface area contributed by atoms with E-state index in [1.54, 1.807) is 6.07 Å². The number of nitrogens with two attached hydrogens (primary N) is 1. The second kappa shape index (κ2) is 3.59. The maximum Gasteiger partial charge on any atom is 0.119 e. The topological polar surface area (TPSA) is 46.2 Å². The van der Waals surface area contributed by atoms with Crippen molar-refractivity contribution in [3.8, 4) is 5.75 Å². The van der Waals surface area contributed by atoms with Crippen molar-refractivity contribution in [2.75, 3.05) is 0 Å². The molecule has 1 rings (SSSR count). The summed E-state index contributed by atoms with van der Waals surface area (Å²) in [5.41, 5.74) is 7.55. The molecule has 0 fully saturated rings. The first-order chi connectivity index (χ1) is 5.66. The molecule has 0 atom stereocenters. The molecule has 0 saturated carbocycles. The molecule has 0 aliphatic rings. The third-order valence-electron chi connectivity index (χ3n) is 1.97. The number of phenolic OH excluding ortho intramolecular Hbond substituents is 1. The molecule has 0 amide bonds. The number of benzene rings is 1. The van der Waals surface area contributed by atoms with Crippen molar-refractivity contribution in [1.29, 1.82) is 0 Å². The largest absolute Gasteiger partial charge is 0.508 e. The van der Waals surface area contributed by atoms with Gasteiger partial charge in [0.2, 0.25) is 0 Å². The van der Waals surface area contributed by atoms with Crippen LogP contribution in [0.15, 0.2) is 18.2 Å². The van der Waals surface area contributed by atoms with Crippen molar-refractivity contribution in [3.05, 3.63) is 29.3 Å². The standard InChI is InChI=1S/C10H15NO/c1-7(2)10-8(6-11)4-3-5-9(10)12/h3-5,7,12H,6,11H2,1-2H3. The van der Waals surface area contributed by atoms with Crippen LogP contribution in [0.3, 0.4) is 0 Å². The Balaban J connectivity index is 3.20. The summed E-state index contributed by atoms with van der Waals surface area (Å²) >= 11 is 0. The lowest BCUT2D eigenvalue weighted by atomic mass is 9.96. The number of hydrogen-bond acceptors (Lipinski definition) is 2. The highest BCUT2D eigenvalue weighted by Crippen LogP contribution is 2.28. The van der Waals surface area contributed by atoms with Crippen LogP contribution < -0.4 is 5.73 Å². The van der Waals surface area contributed by atoms with Gasteiger partial charge in [-0.05, 0) is 17.5 Å². The lowest BCUT2D eigenvalue weighted by molar-refractivity contribution is 0.463. The zero-order chi connectivity index (χ0) is 9.14. The second-order valence-electron chi connectivity index (χ2n) is 3.21. The van der Waals surface area contributed by atoms with Crippen LogP contribution >= 0.6 is 0 Å². The Bertz CT molecular complexity index is 269. The highest BCUT2D eigenvalue weighted by molar-refractivity contribution is 5.41. The first kappa shape index (κ1) is 9.07. The fraction of sp³-hybridized carbons (Fsp3) is 0.400. The fourth-order valence-corrected chi connectivity index (χ4v) is 1.44. The smallest absolute Gasteiger partial charge is 0.119 e. The minimum Gasteiger partial charge on any atom is -0.508 e. The van der Waals surface area contributed by atoms with Gasteiger partial charge < -0.3 is 10.8 Å². The maximum atomic E-state index is 9.54. The maximum absolute atomic E-state index is 9.54. The number of rotatable bonds is 2. The van der Waals surface area contributed by atoms with E-state index >= 15 is 0 Å². The van der Waals surface area contributed by atoms with Crippen molar-refractivity contribution in [2.45, 2.75) is 26.3 Å². The molecular weight excluding hydrogens is 150 g/mol. The molecule has 12 heavy (non-hydrogen) atoms. The SMILES string of the molecule is CC(C)c1c(O)cccc1CN. The van der Waals surface area contributed by atoms with Crippen molar-refractivity contribution < 1.29 is 5.11 Å². The van der Waals surface area contributed by atoms with Gasteiger partial charge in [0.05, 0.1) is 0 Å². The van der Waals surface area contributed by atoms with Crippen LogP contribution in [0.4, 0.5) is 0 Å². The first-order valence-electron chi connectivity index (χ1n) is 4.17. The summed E-state index contributed by atoms with van der Waals surface area (Å²) in [6.45, 7) is 4.59. The molecule has 2 heteroatoms. The number of phenols is 1. The molecular formula is C10H15NO. The van der Waals surface area contributed by atoms with Gasteiger partial charge in [-0.2, -0.15) is 0 Å². The van der Waals surface area contributed by atoms with Crippen LogP contribution in [0.25, 0.3) is 0 Å². The van der Waals surface area contributed by atoms with Gasteiger partial charge in [-0.1, -0.05) is 26.0 Å². The summed E-state index contributed by atoms with van der Waals surface area (Å²) in [4.78, 5) is 0. The summed E-state index contributed by atoms with van der Waals surface area (Å²) in [7, 11) is 0. The van der Waals surface area contributed by atoms with Gasteiger partial charge in [-0.15, -0.1) is 0 Å². The average Bonchev–Trinajstić information content (AvgIpc) is 2.03. The van der Waals surface area contributed by atoms with E-state index < -0.39 is 0 Å². The third-order valence-corrected chi connectivity index (χ3v) is 1.97. The lowest BCUT2D eigenvalue weighted by Crippen LogP contribution is -2.02. The van der Waals surface area contributed by atoms with Crippen molar-refractivity contribution >= 4 is 0 Å². The number of hydrogen-bond donors (Lipinski definition) is 2. The van der Waals surface area contributed by atoms with Gasteiger partial charge in [0.15, 0.2) is 0 Å². The molecule has 0 unspecified atom stereocenters. The number of aromatic hydroxyl groups is 1. The molecule has 0 aliphatic heterocycles. The predicted octanol–water partition coefficient (Wildman–Crippen LogP) is 1.97. The van der Waals surface area contributed by atoms with E-state index in [4.69, 9.17) is 5.73 Å². The minimum absolute atomic E-state index is 0.324. The van der Waals surface area contributed by atoms with Crippen LogP contribution in [0.5, 0.6) is 5.75 Å². The van der Waals surface area contributed by atoms with Gasteiger partial charge >= 0.3 is 0 Å². The zero-order valence-electron chi connectivity index (χ0n) is 7.54. The van der Waals surface area contributed by atoms with E-state index in [2.05, 4.69) is 0 Å². The van der Waals surface area contributed by atoms with Crippen LogP contribution in [-0.2, 0) is 6.54 Å². The van der Waals surface area contributed by atoms with Crippen LogP contribution in [0.2, 0.25) is 0 Å². The quantitative estimate of drug-likeness (QED) is 0.703. The van der Waals surface area contributed by atoms with Gasteiger partial charge in [0.25, 0.3) is 0 Å². The minimum atomic E-state index is 0.324. The molecule has 0 heterocycles. The van der Waals surface area contributed by atoms with Crippen molar-refractivity contribution in [2.24, 2.45) is 5.73 Å². The second-order valence-corrected chi connectivity index (χ2v) is 3.21. The molecule has 0 spiro atoms. The monoisotopic (exact) mass is 165 g/mol. The highest BCUT2D eigenvalue weighted by atomic mass is 16.3. The lowest BCUT2D eigenvalue weighted by Gasteiger charge is -2.12. The Morgan fingerprint density at radius 2 is 2.08 bits per heavy atom.